The van der Waals surface area contributed by atoms with Crippen LogP contribution >= 0.6 is 0 Å². The van der Waals surface area contributed by atoms with Crippen molar-refractivity contribution in [3.8, 4) is 0 Å². The Labute approximate surface area is 86.3 Å². The van der Waals surface area contributed by atoms with E-state index in [-0.39, 0.29) is 0 Å². The largest absolute Gasteiger partial charge is 0.423 e. The SMILES string of the molecule is CS(=O)(=O)OCOC(C(F)(F)F)C(F)(F)F. The summed E-state index contributed by atoms with van der Waals surface area (Å²) in [7, 11) is -4.17. The van der Waals surface area contributed by atoms with Gasteiger partial charge in [-0.3, -0.25) is 0 Å². The van der Waals surface area contributed by atoms with E-state index in [4.69, 9.17) is 0 Å². The minimum absolute atomic E-state index is 0.451. The first-order valence-corrected chi connectivity index (χ1v) is 5.25. The maximum absolute atomic E-state index is 11.8. The van der Waals surface area contributed by atoms with Crippen molar-refractivity contribution in [1.29, 1.82) is 0 Å². The molecule has 0 aromatic carbocycles. The first kappa shape index (κ1) is 15.4. The lowest BCUT2D eigenvalue weighted by Gasteiger charge is -2.22. The van der Waals surface area contributed by atoms with Gasteiger partial charge in [-0.15, -0.1) is 0 Å². The van der Waals surface area contributed by atoms with Crippen molar-refractivity contribution in [2.75, 3.05) is 13.0 Å². The van der Waals surface area contributed by atoms with E-state index in [1.165, 1.54) is 0 Å². The third kappa shape index (κ3) is 6.12. The highest BCUT2D eigenvalue weighted by atomic mass is 32.2. The van der Waals surface area contributed by atoms with Gasteiger partial charge in [-0.05, 0) is 0 Å². The summed E-state index contributed by atoms with van der Waals surface area (Å²) in [6.07, 6.45) is -15.0. The Hall–Kier alpha value is -0.550. The first-order valence-electron chi connectivity index (χ1n) is 3.43. The van der Waals surface area contributed by atoms with Crippen LogP contribution in [0, 0.1) is 0 Å². The minimum atomic E-state index is -5.70. The fraction of sp³-hybridized carbons (Fsp3) is 1.00. The lowest BCUT2D eigenvalue weighted by molar-refractivity contribution is -0.330. The van der Waals surface area contributed by atoms with Gasteiger partial charge < -0.3 is 4.74 Å². The standard InChI is InChI=1S/C5H6F6O4S/c1-16(12,13)15-2-14-3(4(6,7)8)5(9,10)11/h3H,2H2,1H3. The zero-order valence-corrected chi connectivity index (χ0v) is 8.41. The second kappa shape index (κ2) is 4.75. The third-order valence-electron chi connectivity index (χ3n) is 1.09. The first-order chi connectivity index (χ1) is 6.84. The van der Waals surface area contributed by atoms with Crippen LogP contribution < -0.4 is 0 Å². The summed E-state index contributed by atoms with van der Waals surface area (Å²) in [6.45, 7) is -1.66. The van der Waals surface area contributed by atoms with Crippen molar-refractivity contribution in [3.63, 3.8) is 0 Å². The second-order valence-electron chi connectivity index (χ2n) is 2.57. The molecule has 98 valence electrons. The van der Waals surface area contributed by atoms with Crippen molar-refractivity contribution < 1.29 is 43.7 Å². The number of halogens is 6. The van der Waals surface area contributed by atoms with Crippen LogP contribution in [0.1, 0.15) is 0 Å². The predicted octanol–water partition coefficient (Wildman–Crippen LogP) is 1.43. The molecule has 0 N–H and O–H groups in total. The Morgan fingerprint density at radius 3 is 1.69 bits per heavy atom. The van der Waals surface area contributed by atoms with Gasteiger partial charge in [-0.1, -0.05) is 0 Å². The molecule has 0 bridgehead atoms. The van der Waals surface area contributed by atoms with Gasteiger partial charge in [0.05, 0.1) is 6.26 Å². The molecule has 0 saturated carbocycles. The average Bonchev–Trinajstić information content (AvgIpc) is 1.90. The molecule has 0 radical (unpaired) electrons. The van der Waals surface area contributed by atoms with E-state index in [1.54, 1.807) is 0 Å². The summed E-state index contributed by atoms with van der Waals surface area (Å²) >= 11 is 0. The summed E-state index contributed by atoms with van der Waals surface area (Å²) in [6, 6.07) is 0. The van der Waals surface area contributed by atoms with Crippen molar-refractivity contribution in [1.82, 2.24) is 0 Å². The predicted molar refractivity (Wildman–Crippen MR) is 37.8 cm³/mol. The molecule has 0 aliphatic heterocycles. The van der Waals surface area contributed by atoms with Gasteiger partial charge in [0.25, 0.3) is 16.2 Å². The third-order valence-corrected chi connectivity index (χ3v) is 1.62. The van der Waals surface area contributed by atoms with E-state index < -0.39 is 35.4 Å². The van der Waals surface area contributed by atoms with Crippen LogP contribution in [-0.4, -0.2) is 39.9 Å². The van der Waals surface area contributed by atoms with Gasteiger partial charge in [0.2, 0.25) is 0 Å². The normalized spacial score (nSPS) is 14.5. The molecule has 0 aliphatic rings. The summed E-state index contributed by atoms with van der Waals surface area (Å²) < 4.78 is 98.1. The van der Waals surface area contributed by atoms with E-state index in [0.29, 0.717) is 6.26 Å². The molecule has 0 spiro atoms. The van der Waals surface area contributed by atoms with Gasteiger partial charge in [0.15, 0.2) is 6.79 Å². The highest BCUT2D eigenvalue weighted by Crippen LogP contribution is 2.35. The van der Waals surface area contributed by atoms with Crippen LogP contribution in [0.2, 0.25) is 0 Å². The van der Waals surface area contributed by atoms with Crippen LogP contribution in [0.15, 0.2) is 0 Å². The molecule has 0 rings (SSSR count). The molecule has 11 heteroatoms. The zero-order valence-electron chi connectivity index (χ0n) is 7.59. The Kier molecular flexibility index (Phi) is 4.59. The quantitative estimate of drug-likeness (QED) is 0.443. The lowest BCUT2D eigenvalue weighted by atomic mass is 10.3. The highest BCUT2D eigenvalue weighted by Gasteiger charge is 2.58. The van der Waals surface area contributed by atoms with Gasteiger partial charge in [0, 0.05) is 0 Å². The summed E-state index contributed by atoms with van der Waals surface area (Å²) in [5.41, 5.74) is 0. The smallest absolute Gasteiger partial charge is 0.333 e. The lowest BCUT2D eigenvalue weighted by Crippen LogP contribution is -2.44. The van der Waals surface area contributed by atoms with E-state index in [1.807, 2.05) is 0 Å². The highest BCUT2D eigenvalue weighted by molar-refractivity contribution is 7.85. The maximum Gasteiger partial charge on any atom is 0.423 e. The van der Waals surface area contributed by atoms with E-state index in [9.17, 15) is 34.8 Å². The Balaban J connectivity index is 4.49. The molecule has 16 heavy (non-hydrogen) atoms. The van der Waals surface area contributed by atoms with Gasteiger partial charge in [-0.2, -0.15) is 34.8 Å². The molecule has 4 nitrogen and oxygen atoms in total. The Bertz CT molecular complexity index is 303. The van der Waals surface area contributed by atoms with E-state index in [2.05, 4.69) is 8.92 Å². The molecule has 0 atom stereocenters. The van der Waals surface area contributed by atoms with Gasteiger partial charge in [0.1, 0.15) is 0 Å². The average molecular weight is 276 g/mol. The fourth-order valence-electron chi connectivity index (χ4n) is 0.558. The molecular weight excluding hydrogens is 270 g/mol. The number of alkyl halides is 6. The van der Waals surface area contributed by atoms with Gasteiger partial charge >= 0.3 is 12.4 Å². The van der Waals surface area contributed by atoms with E-state index in [0.717, 1.165) is 0 Å². The molecule has 0 heterocycles. The monoisotopic (exact) mass is 276 g/mol. The van der Waals surface area contributed by atoms with Gasteiger partial charge in [-0.25, -0.2) is 4.18 Å². The summed E-state index contributed by atoms with van der Waals surface area (Å²) in [5, 5.41) is 0. The molecule has 0 amide bonds. The Morgan fingerprint density at radius 1 is 1.06 bits per heavy atom. The van der Waals surface area contributed by atoms with Crippen LogP contribution in [0.5, 0.6) is 0 Å². The van der Waals surface area contributed by atoms with Crippen LogP contribution in [0.25, 0.3) is 0 Å². The number of rotatable bonds is 4. The van der Waals surface area contributed by atoms with Crippen molar-refractivity contribution in [3.05, 3.63) is 0 Å². The molecular formula is C5H6F6O4S. The molecule has 0 unspecified atom stereocenters. The number of hydrogen-bond acceptors (Lipinski definition) is 4. The molecule has 0 saturated heterocycles. The molecule has 0 aromatic rings. The van der Waals surface area contributed by atoms with Crippen LogP contribution in [0.3, 0.4) is 0 Å². The van der Waals surface area contributed by atoms with Crippen molar-refractivity contribution in [2.24, 2.45) is 0 Å². The Morgan fingerprint density at radius 2 is 1.44 bits per heavy atom. The van der Waals surface area contributed by atoms with Crippen molar-refractivity contribution in [2.45, 2.75) is 18.5 Å². The second-order valence-corrected chi connectivity index (χ2v) is 4.21. The van der Waals surface area contributed by atoms with E-state index >= 15 is 0 Å². The van der Waals surface area contributed by atoms with Crippen molar-refractivity contribution >= 4 is 10.1 Å². The zero-order chi connectivity index (χ0) is 13.2. The van der Waals surface area contributed by atoms with Crippen LogP contribution in [-0.2, 0) is 19.0 Å². The van der Waals surface area contributed by atoms with Crippen LogP contribution in [0.4, 0.5) is 26.3 Å². The molecule has 0 aromatic heterocycles. The minimum Gasteiger partial charge on any atom is -0.333 e. The number of hydrogen-bond donors (Lipinski definition) is 0. The fourth-order valence-corrected chi connectivity index (χ4v) is 0.788. The maximum atomic E-state index is 11.8. The summed E-state index contributed by atoms with van der Waals surface area (Å²) in [5.74, 6) is 0. The summed E-state index contributed by atoms with van der Waals surface area (Å²) in [4.78, 5) is 0. The topological polar surface area (TPSA) is 52.6 Å². The number of ether oxygens (including phenoxy) is 1. The molecule has 0 fully saturated rings. The molecule has 0 aliphatic carbocycles.